The van der Waals surface area contributed by atoms with E-state index in [1.807, 2.05) is 30.3 Å². The van der Waals surface area contributed by atoms with Gasteiger partial charge in [-0.15, -0.1) is 0 Å². The molecule has 4 heteroatoms. The van der Waals surface area contributed by atoms with Gasteiger partial charge in [0.2, 0.25) is 0 Å². The van der Waals surface area contributed by atoms with Crippen molar-refractivity contribution < 1.29 is 4.79 Å². The monoisotopic (exact) mass is 325 g/mol. The lowest BCUT2D eigenvalue weighted by Gasteiger charge is -2.46. The number of carbonyl (C=O) groups excluding carboxylic acids is 1. The fourth-order valence-corrected chi connectivity index (χ4v) is 4.10. The summed E-state index contributed by atoms with van der Waals surface area (Å²) in [7, 11) is 0. The highest BCUT2D eigenvalue weighted by Gasteiger charge is 2.38. The van der Waals surface area contributed by atoms with Crippen LogP contribution in [0.25, 0.3) is 10.8 Å². The summed E-state index contributed by atoms with van der Waals surface area (Å²) in [6.07, 6.45) is 1.83. The first-order valence-corrected chi connectivity index (χ1v) is 8.59. The van der Waals surface area contributed by atoms with Crippen LogP contribution in [0.2, 0.25) is 0 Å². The second kappa shape index (κ2) is 6.10. The molecule has 3 rings (SSSR count). The number of urea groups is 1. The molecule has 0 saturated carbocycles. The molecular weight excluding hydrogens is 298 g/mol. The highest BCUT2D eigenvalue weighted by molar-refractivity contribution is 6.01. The number of benzene rings is 2. The first kappa shape index (κ1) is 16.8. The number of fused-ring (bicyclic) bond motifs is 1. The van der Waals surface area contributed by atoms with E-state index in [9.17, 15) is 4.79 Å². The van der Waals surface area contributed by atoms with Crippen LogP contribution >= 0.6 is 0 Å². The summed E-state index contributed by atoms with van der Waals surface area (Å²) >= 11 is 0. The highest BCUT2D eigenvalue weighted by atomic mass is 16.2. The molecule has 2 aromatic carbocycles. The lowest BCUT2D eigenvalue weighted by atomic mass is 9.80. The predicted octanol–water partition coefficient (Wildman–Crippen LogP) is 4.27. The number of piperidine rings is 1. The van der Waals surface area contributed by atoms with Crippen molar-refractivity contribution in [2.45, 2.75) is 57.7 Å². The van der Waals surface area contributed by atoms with Crippen LogP contribution in [-0.2, 0) is 0 Å². The standard InChI is InChI=1S/C20H27N3O/c1-19(2)12-15(13-20(3,4)23-19)21-18(24)22-17-11-7-9-14-8-5-6-10-16(14)17/h5-11,15,23H,12-13H2,1-4H3,(H2,21,22,24). The Morgan fingerprint density at radius 1 is 1.00 bits per heavy atom. The lowest BCUT2D eigenvalue weighted by Crippen LogP contribution is -2.62. The van der Waals surface area contributed by atoms with E-state index in [0.29, 0.717) is 0 Å². The molecule has 0 aromatic heterocycles. The Balaban J connectivity index is 1.71. The Morgan fingerprint density at radius 3 is 2.33 bits per heavy atom. The summed E-state index contributed by atoms with van der Waals surface area (Å²) in [5.41, 5.74) is 0.871. The molecule has 0 unspecified atom stereocenters. The molecule has 4 nitrogen and oxygen atoms in total. The van der Waals surface area contributed by atoms with Gasteiger partial charge in [-0.3, -0.25) is 0 Å². The summed E-state index contributed by atoms with van der Waals surface area (Å²) in [5, 5.41) is 12.0. The molecule has 0 spiro atoms. The van der Waals surface area contributed by atoms with Gasteiger partial charge in [0.25, 0.3) is 0 Å². The second-order valence-electron chi connectivity index (χ2n) is 8.12. The number of hydrogen-bond donors (Lipinski definition) is 3. The SMILES string of the molecule is CC1(C)CC(NC(=O)Nc2cccc3ccccc23)CC(C)(C)N1. The first-order valence-electron chi connectivity index (χ1n) is 8.59. The van der Waals surface area contributed by atoms with E-state index < -0.39 is 0 Å². The van der Waals surface area contributed by atoms with Gasteiger partial charge in [0, 0.05) is 22.5 Å². The smallest absolute Gasteiger partial charge is 0.319 e. The number of hydrogen-bond acceptors (Lipinski definition) is 2. The molecule has 2 aromatic rings. The van der Waals surface area contributed by atoms with E-state index in [0.717, 1.165) is 29.3 Å². The first-order chi connectivity index (χ1) is 11.2. The minimum absolute atomic E-state index is 0.0130. The van der Waals surface area contributed by atoms with Crippen molar-refractivity contribution >= 4 is 22.5 Å². The largest absolute Gasteiger partial charge is 0.335 e. The summed E-state index contributed by atoms with van der Waals surface area (Å²) in [6.45, 7) is 8.74. The van der Waals surface area contributed by atoms with Gasteiger partial charge in [-0.05, 0) is 52.0 Å². The van der Waals surface area contributed by atoms with Gasteiger partial charge in [0.05, 0.1) is 5.69 Å². The summed E-state index contributed by atoms with van der Waals surface area (Å²) < 4.78 is 0. The third-order valence-corrected chi connectivity index (χ3v) is 4.56. The third kappa shape index (κ3) is 3.88. The quantitative estimate of drug-likeness (QED) is 0.772. The second-order valence-corrected chi connectivity index (χ2v) is 8.12. The third-order valence-electron chi connectivity index (χ3n) is 4.56. The van der Waals surface area contributed by atoms with Crippen molar-refractivity contribution in [3.05, 3.63) is 42.5 Å². The molecule has 0 bridgehead atoms. The minimum Gasteiger partial charge on any atom is -0.335 e. The van der Waals surface area contributed by atoms with E-state index >= 15 is 0 Å². The van der Waals surface area contributed by atoms with E-state index in [4.69, 9.17) is 0 Å². The maximum absolute atomic E-state index is 12.5. The molecule has 1 aliphatic rings. The Hall–Kier alpha value is -2.07. The summed E-state index contributed by atoms with van der Waals surface area (Å²) in [6, 6.07) is 14.1. The molecule has 24 heavy (non-hydrogen) atoms. The van der Waals surface area contributed by atoms with E-state index in [-0.39, 0.29) is 23.2 Å². The molecule has 0 radical (unpaired) electrons. The zero-order valence-corrected chi connectivity index (χ0v) is 14.9. The predicted molar refractivity (Wildman–Crippen MR) is 100 cm³/mol. The van der Waals surface area contributed by atoms with E-state index in [1.165, 1.54) is 0 Å². The van der Waals surface area contributed by atoms with E-state index in [1.54, 1.807) is 0 Å². The number of amides is 2. The molecule has 0 aliphatic carbocycles. The maximum atomic E-state index is 12.5. The Bertz CT molecular complexity index is 730. The average molecular weight is 325 g/mol. The fourth-order valence-electron chi connectivity index (χ4n) is 4.10. The summed E-state index contributed by atoms with van der Waals surface area (Å²) in [4.78, 5) is 12.5. The number of anilines is 1. The molecule has 3 N–H and O–H groups in total. The van der Waals surface area contributed by atoms with Gasteiger partial charge in [0.15, 0.2) is 0 Å². The number of carbonyl (C=O) groups is 1. The molecule has 1 fully saturated rings. The minimum atomic E-state index is -0.134. The van der Waals surface area contributed by atoms with Crippen molar-refractivity contribution in [2.24, 2.45) is 0 Å². The van der Waals surface area contributed by atoms with Crippen LogP contribution in [0.4, 0.5) is 10.5 Å². The highest BCUT2D eigenvalue weighted by Crippen LogP contribution is 2.29. The van der Waals surface area contributed by atoms with Crippen LogP contribution in [0, 0.1) is 0 Å². The van der Waals surface area contributed by atoms with E-state index in [2.05, 4.69) is 55.8 Å². The summed E-state index contributed by atoms with van der Waals surface area (Å²) in [5.74, 6) is 0. The molecule has 1 heterocycles. The molecule has 1 saturated heterocycles. The molecule has 1 aliphatic heterocycles. The molecule has 2 amide bonds. The normalized spacial score (nSPS) is 19.8. The van der Waals surface area contributed by atoms with Crippen molar-refractivity contribution in [1.82, 2.24) is 10.6 Å². The molecule has 0 atom stereocenters. The van der Waals surface area contributed by atoms with Crippen molar-refractivity contribution in [1.29, 1.82) is 0 Å². The van der Waals surface area contributed by atoms with Crippen LogP contribution in [0.5, 0.6) is 0 Å². The fraction of sp³-hybridized carbons (Fsp3) is 0.450. The van der Waals surface area contributed by atoms with Crippen LogP contribution in [0.1, 0.15) is 40.5 Å². The van der Waals surface area contributed by atoms with Crippen LogP contribution in [-0.4, -0.2) is 23.2 Å². The molecular formula is C20H27N3O. The molecule has 128 valence electrons. The van der Waals surface area contributed by atoms with Crippen molar-refractivity contribution in [3.8, 4) is 0 Å². The Kier molecular flexibility index (Phi) is 4.26. The van der Waals surface area contributed by atoms with Gasteiger partial charge in [0.1, 0.15) is 0 Å². The van der Waals surface area contributed by atoms with Crippen molar-refractivity contribution in [3.63, 3.8) is 0 Å². The van der Waals surface area contributed by atoms with Gasteiger partial charge in [-0.25, -0.2) is 4.79 Å². The zero-order valence-electron chi connectivity index (χ0n) is 14.9. The van der Waals surface area contributed by atoms with Crippen LogP contribution < -0.4 is 16.0 Å². The Labute approximate surface area is 144 Å². The maximum Gasteiger partial charge on any atom is 0.319 e. The van der Waals surface area contributed by atoms with Crippen LogP contribution in [0.15, 0.2) is 42.5 Å². The van der Waals surface area contributed by atoms with Crippen molar-refractivity contribution in [2.75, 3.05) is 5.32 Å². The van der Waals surface area contributed by atoms with Gasteiger partial charge in [-0.1, -0.05) is 36.4 Å². The van der Waals surface area contributed by atoms with Crippen LogP contribution in [0.3, 0.4) is 0 Å². The van der Waals surface area contributed by atoms with Gasteiger partial charge < -0.3 is 16.0 Å². The lowest BCUT2D eigenvalue weighted by molar-refractivity contribution is 0.149. The van der Waals surface area contributed by atoms with Gasteiger partial charge in [-0.2, -0.15) is 0 Å². The average Bonchev–Trinajstić information content (AvgIpc) is 2.44. The number of nitrogens with one attached hydrogen (secondary N) is 3. The zero-order chi connectivity index (χ0) is 17.4. The van der Waals surface area contributed by atoms with Gasteiger partial charge >= 0.3 is 6.03 Å². The topological polar surface area (TPSA) is 53.2 Å². The number of rotatable bonds is 2. The Morgan fingerprint density at radius 2 is 1.62 bits per heavy atom.